The summed E-state index contributed by atoms with van der Waals surface area (Å²) in [5.74, 6) is -0.276. The van der Waals surface area contributed by atoms with E-state index in [2.05, 4.69) is 0 Å². The molecule has 0 unspecified atom stereocenters. The van der Waals surface area contributed by atoms with Crippen molar-refractivity contribution in [3.8, 4) is 0 Å². The molecule has 0 saturated carbocycles. The number of nitrogens with zero attached hydrogens (tertiary/aromatic N) is 1. The molecule has 20 heavy (non-hydrogen) atoms. The first-order valence-electron chi connectivity index (χ1n) is 6.39. The first kappa shape index (κ1) is 14.5. The number of anilines is 1. The number of ketones is 1. The molecule has 0 spiro atoms. The first-order valence-corrected chi connectivity index (χ1v) is 6.77. The largest absolute Gasteiger partial charge is 0.364 e. The van der Waals surface area contributed by atoms with Crippen LogP contribution in [0.1, 0.15) is 17.3 Å². The van der Waals surface area contributed by atoms with Crippen LogP contribution in [0, 0.1) is 5.82 Å². The Morgan fingerprint density at radius 3 is 2.25 bits per heavy atom. The fourth-order valence-corrected chi connectivity index (χ4v) is 2.06. The third-order valence-corrected chi connectivity index (χ3v) is 3.33. The molecule has 0 bridgehead atoms. The Balaban J connectivity index is 2.11. The number of hydrogen-bond donors (Lipinski definition) is 0. The average Bonchev–Trinajstić information content (AvgIpc) is 2.46. The number of hydrogen-bond acceptors (Lipinski definition) is 2. The summed E-state index contributed by atoms with van der Waals surface area (Å²) in [6.07, 6.45) is 0. The van der Waals surface area contributed by atoms with E-state index >= 15 is 0 Å². The van der Waals surface area contributed by atoms with Crippen LogP contribution in [0.25, 0.3) is 0 Å². The Hall–Kier alpha value is -1.87. The predicted octanol–water partition coefficient (Wildman–Crippen LogP) is 4.19. The van der Waals surface area contributed by atoms with Crippen LogP contribution in [-0.2, 0) is 0 Å². The molecule has 2 aromatic carbocycles. The second-order valence-electron chi connectivity index (χ2n) is 4.42. The molecular weight excluding hydrogens is 277 g/mol. The van der Waals surface area contributed by atoms with Crippen LogP contribution in [0.4, 0.5) is 10.1 Å². The van der Waals surface area contributed by atoms with Crippen molar-refractivity contribution in [1.29, 1.82) is 0 Å². The second-order valence-corrected chi connectivity index (χ2v) is 4.86. The molecule has 0 radical (unpaired) electrons. The van der Waals surface area contributed by atoms with E-state index < -0.39 is 0 Å². The van der Waals surface area contributed by atoms with Gasteiger partial charge in [-0.25, -0.2) is 4.39 Å². The molecule has 2 nitrogen and oxygen atoms in total. The van der Waals surface area contributed by atoms with Crippen LogP contribution in [0.2, 0.25) is 5.02 Å². The van der Waals surface area contributed by atoms with E-state index in [0.717, 1.165) is 5.69 Å². The van der Waals surface area contributed by atoms with Gasteiger partial charge in [-0.1, -0.05) is 11.6 Å². The Bertz CT molecular complexity index is 580. The number of rotatable bonds is 5. The Labute approximate surface area is 122 Å². The van der Waals surface area contributed by atoms with E-state index in [4.69, 9.17) is 11.6 Å². The zero-order valence-electron chi connectivity index (χ0n) is 11.1. The summed E-state index contributed by atoms with van der Waals surface area (Å²) >= 11 is 5.80. The molecule has 0 fully saturated rings. The minimum absolute atomic E-state index is 0.00726. The van der Waals surface area contributed by atoms with Crippen LogP contribution >= 0.6 is 11.6 Å². The highest BCUT2D eigenvalue weighted by atomic mass is 35.5. The number of likely N-dealkylation sites (N-methyl/N-ethyl adjacent to an activating group) is 1. The van der Waals surface area contributed by atoms with Gasteiger partial charge in [0.1, 0.15) is 5.82 Å². The summed E-state index contributed by atoms with van der Waals surface area (Å²) in [5, 5.41) is 0.604. The lowest BCUT2D eigenvalue weighted by Crippen LogP contribution is -2.29. The zero-order valence-corrected chi connectivity index (χ0v) is 11.9. The molecule has 0 amide bonds. The summed E-state index contributed by atoms with van der Waals surface area (Å²) in [6, 6.07) is 13.0. The lowest BCUT2D eigenvalue weighted by molar-refractivity contribution is 0.0999. The van der Waals surface area contributed by atoms with Crippen molar-refractivity contribution >= 4 is 23.1 Å². The second kappa shape index (κ2) is 6.53. The van der Waals surface area contributed by atoms with Crippen LogP contribution in [0.15, 0.2) is 48.5 Å². The highest BCUT2D eigenvalue weighted by Crippen LogP contribution is 2.16. The molecule has 4 heteroatoms. The van der Waals surface area contributed by atoms with Crippen LogP contribution < -0.4 is 4.90 Å². The summed E-state index contributed by atoms with van der Waals surface area (Å²) in [6.45, 7) is 2.88. The summed E-state index contributed by atoms with van der Waals surface area (Å²) < 4.78 is 12.9. The van der Waals surface area contributed by atoms with Crippen LogP contribution in [0.3, 0.4) is 0 Å². The molecule has 104 valence electrons. The molecule has 2 aromatic rings. The van der Waals surface area contributed by atoms with Gasteiger partial charge >= 0.3 is 0 Å². The van der Waals surface area contributed by atoms with Crippen molar-refractivity contribution in [3.63, 3.8) is 0 Å². The molecule has 0 aliphatic carbocycles. The van der Waals surface area contributed by atoms with Gasteiger partial charge in [-0.2, -0.15) is 0 Å². The van der Waals surface area contributed by atoms with Crippen LogP contribution in [0.5, 0.6) is 0 Å². The zero-order chi connectivity index (χ0) is 14.5. The molecule has 0 saturated heterocycles. The standard InChI is InChI=1S/C16H15ClFNO/c1-2-19(15-9-7-14(18)8-10-15)11-16(20)12-3-5-13(17)6-4-12/h3-10H,2,11H2,1H3. The van der Waals surface area contributed by atoms with Gasteiger partial charge in [0, 0.05) is 22.8 Å². The summed E-state index contributed by atoms with van der Waals surface area (Å²) in [4.78, 5) is 14.1. The van der Waals surface area contributed by atoms with E-state index in [9.17, 15) is 9.18 Å². The van der Waals surface area contributed by atoms with E-state index in [-0.39, 0.29) is 18.1 Å². The normalized spacial score (nSPS) is 10.3. The van der Waals surface area contributed by atoms with Gasteiger partial charge in [0.05, 0.1) is 6.54 Å². The molecule has 0 atom stereocenters. The number of carbonyl (C=O) groups is 1. The molecule has 0 aliphatic heterocycles. The minimum atomic E-state index is -0.283. The molecule has 0 heterocycles. The summed E-state index contributed by atoms with van der Waals surface area (Å²) in [5.41, 5.74) is 1.45. The third kappa shape index (κ3) is 3.58. The molecular formula is C16H15ClFNO. The molecule has 0 aromatic heterocycles. The maximum absolute atomic E-state index is 12.9. The van der Waals surface area contributed by atoms with Gasteiger partial charge in [0.25, 0.3) is 0 Å². The number of halogens is 2. The topological polar surface area (TPSA) is 20.3 Å². The van der Waals surface area contributed by atoms with Crippen molar-refractivity contribution in [2.75, 3.05) is 18.0 Å². The highest BCUT2D eigenvalue weighted by Gasteiger charge is 2.12. The SMILES string of the molecule is CCN(CC(=O)c1ccc(Cl)cc1)c1ccc(F)cc1. The van der Waals surface area contributed by atoms with Crippen LogP contribution in [-0.4, -0.2) is 18.9 Å². The van der Waals surface area contributed by atoms with Crippen molar-refractivity contribution in [1.82, 2.24) is 0 Å². The third-order valence-electron chi connectivity index (χ3n) is 3.07. The highest BCUT2D eigenvalue weighted by molar-refractivity contribution is 6.30. The Morgan fingerprint density at radius 2 is 1.70 bits per heavy atom. The fraction of sp³-hybridized carbons (Fsp3) is 0.188. The van der Waals surface area contributed by atoms with Gasteiger partial charge in [-0.05, 0) is 55.5 Å². The van der Waals surface area contributed by atoms with E-state index in [1.54, 1.807) is 36.4 Å². The molecule has 0 aliphatic rings. The van der Waals surface area contributed by atoms with Gasteiger partial charge < -0.3 is 4.90 Å². The van der Waals surface area contributed by atoms with E-state index in [1.165, 1.54) is 12.1 Å². The maximum Gasteiger partial charge on any atom is 0.182 e. The van der Waals surface area contributed by atoms with Gasteiger partial charge in [0.2, 0.25) is 0 Å². The minimum Gasteiger partial charge on any atom is -0.364 e. The number of carbonyl (C=O) groups excluding carboxylic acids is 1. The number of Topliss-reactive ketones (excluding diaryl/α,β-unsaturated/α-hetero) is 1. The Kier molecular flexibility index (Phi) is 4.74. The number of benzene rings is 2. The quantitative estimate of drug-likeness (QED) is 0.770. The average molecular weight is 292 g/mol. The lowest BCUT2D eigenvalue weighted by atomic mass is 10.1. The van der Waals surface area contributed by atoms with Gasteiger partial charge in [0.15, 0.2) is 5.78 Å². The van der Waals surface area contributed by atoms with Crippen molar-refractivity contribution in [2.24, 2.45) is 0 Å². The lowest BCUT2D eigenvalue weighted by Gasteiger charge is -2.22. The fourth-order valence-electron chi connectivity index (χ4n) is 1.94. The van der Waals surface area contributed by atoms with Gasteiger partial charge in [-0.15, -0.1) is 0 Å². The van der Waals surface area contributed by atoms with E-state index in [1.807, 2.05) is 11.8 Å². The monoisotopic (exact) mass is 291 g/mol. The van der Waals surface area contributed by atoms with Crippen molar-refractivity contribution in [2.45, 2.75) is 6.92 Å². The predicted molar refractivity (Wildman–Crippen MR) is 80.1 cm³/mol. The van der Waals surface area contributed by atoms with Gasteiger partial charge in [-0.3, -0.25) is 4.79 Å². The molecule has 2 rings (SSSR count). The van der Waals surface area contributed by atoms with E-state index in [0.29, 0.717) is 17.1 Å². The smallest absolute Gasteiger partial charge is 0.182 e. The van der Waals surface area contributed by atoms with Crippen molar-refractivity contribution in [3.05, 3.63) is 64.9 Å². The van der Waals surface area contributed by atoms with Crippen molar-refractivity contribution < 1.29 is 9.18 Å². The Morgan fingerprint density at radius 1 is 1.10 bits per heavy atom. The summed E-state index contributed by atoms with van der Waals surface area (Å²) in [7, 11) is 0. The first-order chi connectivity index (χ1) is 9.60. The maximum atomic E-state index is 12.9. The molecule has 0 N–H and O–H groups in total.